The maximum Gasteiger partial charge on any atom is 0.107 e. The van der Waals surface area contributed by atoms with Crippen molar-refractivity contribution in [1.82, 2.24) is 4.90 Å². The molecule has 0 saturated heterocycles. The molecule has 2 aromatic rings. The highest BCUT2D eigenvalue weighted by Crippen LogP contribution is 2.41. The van der Waals surface area contributed by atoms with Crippen molar-refractivity contribution < 1.29 is 0 Å². The van der Waals surface area contributed by atoms with Crippen LogP contribution < -0.4 is 5.73 Å². The van der Waals surface area contributed by atoms with Gasteiger partial charge in [-0.1, -0.05) is 18.2 Å². The average Bonchev–Trinajstić information content (AvgIpc) is 2.89. The Balaban J connectivity index is 1.73. The summed E-state index contributed by atoms with van der Waals surface area (Å²) in [5.41, 5.74) is 11.5. The minimum atomic E-state index is 0.586. The Kier molecular flexibility index (Phi) is 3.95. The van der Waals surface area contributed by atoms with E-state index in [1.165, 1.54) is 21.6 Å². The monoisotopic (exact) mass is 343 g/mol. The zero-order valence-electron chi connectivity index (χ0n) is 13.5. The Morgan fingerprint density at radius 1 is 1.26 bits per heavy atom. The van der Waals surface area contributed by atoms with Crippen molar-refractivity contribution in [1.29, 1.82) is 0 Å². The number of para-hydroxylation sites is 1. The SMILES string of the molecule is CC(C)N1CCc2c(sc(N)c2C2=Nc3ccccc3CS2)C1. The van der Waals surface area contributed by atoms with Crippen LogP contribution in [-0.2, 0) is 18.7 Å². The minimum Gasteiger partial charge on any atom is -0.390 e. The zero-order chi connectivity index (χ0) is 16.0. The smallest absolute Gasteiger partial charge is 0.107 e. The first-order chi connectivity index (χ1) is 11.1. The molecule has 0 atom stereocenters. The minimum absolute atomic E-state index is 0.586. The van der Waals surface area contributed by atoms with Crippen molar-refractivity contribution in [2.75, 3.05) is 12.3 Å². The molecule has 5 heteroatoms. The third-order valence-corrected chi connectivity index (χ3v) is 6.71. The largest absolute Gasteiger partial charge is 0.390 e. The van der Waals surface area contributed by atoms with E-state index in [1.54, 1.807) is 11.3 Å². The number of hydrogen-bond acceptors (Lipinski definition) is 5. The third kappa shape index (κ3) is 2.71. The number of thioether (sulfide) groups is 1. The fourth-order valence-electron chi connectivity index (χ4n) is 3.28. The molecule has 23 heavy (non-hydrogen) atoms. The maximum absolute atomic E-state index is 6.40. The molecular weight excluding hydrogens is 322 g/mol. The molecule has 4 rings (SSSR count). The summed E-state index contributed by atoms with van der Waals surface area (Å²) in [6, 6.07) is 8.99. The van der Waals surface area contributed by atoms with Gasteiger partial charge < -0.3 is 5.73 Å². The van der Waals surface area contributed by atoms with Crippen molar-refractivity contribution in [3.8, 4) is 0 Å². The number of aliphatic imine (C=N–C) groups is 1. The van der Waals surface area contributed by atoms with Gasteiger partial charge in [0.15, 0.2) is 0 Å². The molecule has 0 spiro atoms. The lowest BCUT2D eigenvalue weighted by Crippen LogP contribution is -2.35. The summed E-state index contributed by atoms with van der Waals surface area (Å²) in [5.74, 6) is 0.983. The molecule has 2 aliphatic rings. The van der Waals surface area contributed by atoms with E-state index in [4.69, 9.17) is 10.7 Å². The van der Waals surface area contributed by atoms with Gasteiger partial charge in [0.2, 0.25) is 0 Å². The molecule has 0 bridgehead atoms. The molecule has 2 N–H and O–H groups in total. The Morgan fingerprint density at radius 2 is 2.09 bits per heavy atom. The molecule has 0 saturated carbocycles. The molecule has 3 nitrogen and oxygen atoms in total. The van der Waals surface area contributed by atoms with Crippen LogP contribution in [0.15, 0.2) is 29.3 Å². The second kappa shape index (κ2) is 5.96. The van der Waals surface area contributed by atoms with Gasteiger partial charge in [0.1, 0.15) is 5.04 Å². The molecular formula is C18H21N3S2. The van der Waals surface area contributed by atoms with Gasteiger partial charge in [0.05, 0.1) is 10.7 Å². The number of nitrogens with zero attached hydrogens (tertiary/aromatic N) is 2. The van der Waals surface area contributed by atoms with Gasteiger partial charge in [-0.05, 0) is 37.5 Å². The quantitative estimate of drug-likeness (QED) is 0.877. The second-order valence-electron chi connectivity index (χ2n) is 6.39. The van der Waals surface area contributed by atoms with Gasteiger partial charge in [0.25, 0.3) is 0 Å². The molecule has 0 fully saturated rings. The molecule has 1 aromatic carbocycles. The normalized spacial score (nSPS) is 17.8. The predicted molar refractivity (Wildman–Crippen MR) is 102 cm³/mol. The van der Waals surface area contributed by atoms with E-state index in [-0.39, 0.29) is 0 Å². The molecule has 2 aliphatic heterocycles. The number of thiophene rings is 1. The fourth-order valence-corrected chi connectivity index (χ4v) is 5.56. The molecule has 1 aromatic heterocycles. The lowest BCUT2D eigenvalue weighted by atomic mass is 10.0. The van der Waals surface area contributed by atoms with E-state index < -0.39 is 0 Å². The highest BCUT2D eigenvalue weighted by Gasteiger charge is 2.28. The lowest BCUT2D eigenvalue weighted by Gasteiger charge is -2.30. The van der Waals surface area contributed by atoms with Gasteiger partial charge in [-0.2, -0.15) is 0 Å². The predicted octanol–water partition coefficient (Wildman–Crippen LogP) is 4.42. The van der Waals surface area contributed by atoms with Crippen molar-refractivity contribution >= 4 is 38.8 Å². The standard InChI is InChI=1S/C18H21N3S2/c1-11(2)21-8-7-13-15(9-21)23-17(19)16(13)18-20-14-6-4-3-5-12(14)10-22-18/h3-6,11H,7-10,19H2,1-2H3. The Hall–Kier alpha value is -1.30. The molecule has 0 radical (unpaired) electrons. The molecule has 120 valence electrons. The second-order valence-corrected chi connectivity index (χ2v) is 8.49. The number of anilines is 1. The summed E-state index contributed by atoms with van der Waals surface area (Å²) >= 11 is 3.58. The summed E-state index contributed by atoms with van der Waals surface area (Å²) in [5, 5.41) is 2.04. The summed E-state index contributed by atoms with van der Waals surface area (Å²) in [4.78, 5) is 8.85. The molecule has 0 aliphatic carbocycles. The highest BCUT2D eigenvalue weighted by molar-refractivity contribution is 8.13. The first-order valence-electron chi connectivity index (χ1n) is 8.07. The maximum atomic E-state index is 6.40. The zero-order valence-corrected chi connectivity index (χ0v) is 15.1. The van der Waals surface area contributed by atoms with Crippen LogP contribution >= 0.6 is 23.1 Å². The van der Waals surface area contributed by atoms with Crippen LogP contribution in [0.25, 0.3) is 0 Å². The summed E-state index contributed by atoms with van der Waals surface area (Å²) in [6.45, 7) is 6.67. The van der Waals surface area contributed by atoms with E-state index in [0.717, 1.165) is 41.0 Å². The topological polar surface area (TPSA) is 41.6 Å². The van der Waals surface area contributed by atoms with Crippen LogP contribution in [0.3, 0.4) is 0 Å². The Labute approximate surface area is 145 Å². The van der Waals surface area contributed by atoms with Gasteiger partial charge >= 0.3 is 0 Å². The number of nitrogen functional groups attached to an aromatic ring is 1. The van der Waals surface area contributed by atoms with Crippen LogP contribution in [0, 0.1) is 0 Å². The van der Waals surface area contributed by atoms with Gasteiger partial charge in [-0.25, -0.2) is 4.99 Å². The highest BCUT2D eigenvalue weighted by atomic mass is 32.2. The number of benzene rings is 1. The first kappa shape index (κ1) is 15.2. The van der Waals surface area contributed by atoms with E-state index in [9.17, 15) is 0 Å². The number of fused-ring (bicyclic) bond motifs is 2. The lowest BCUT2D eigenvalue weighted by molar-refractivity contribution is 0.206. The van der Waals surface area contributed by atoms with Crippen molar-refractivity contribution in [2.45, 2.75) is 38.6 Å². The fraction of sp³-hybridized carbons (Fsp3) is 0.389. The molecule has 3 heterocycles. The van der Waals surface area contributed by atoms with Gasteiger partial charge in [-0.15, -0.1) is 23.1 Å². The number of rotatable bonds is 2. The Bertz CT molecular complexity index is 777. The van der Waals surface area contributed by atoms with Gasteiger partial charge in [0, 0.05) is 35.3 Å². The van der Waals surface area contributed by atoms with Crippen LogP contribution in [0.4, 0.5) is 10.7 Å². The van der Waals surface area contributed by atoms with Crippen LogP contribution in [0.2, 0.25) is 0 Å². The van der Waals surface area contributed by atoms with Crippen molar-refractivity contribution in [3.63, 3.8) is 0 Å². The average molecular weight is 344 g/mol. The van der Waals surface area contributed by atoms with Crippen LogP contribution in [0.1, 0.15) is 35.4 Å². The third-order valence-electron chi connectivity index (χ3n) is 4.64. The number of hydrogen-bond donors (Lipinski definition) is 1. The van der Waals surface area contributed by atoms with Crippen LogP contribution in [0.5, 0.6) is 0 Å². The summed E-state index contributed by atoms with van der Waals surface area (Å²) in [6.07, 6.45) is 1.08. The van der Waals surface area contributed by atoms with Crippen LogP contribution in [-0.4, -0.2) is 22.5 Å². The number of nitrogens with two attached hydrogens (primary N) is 1. The van der Waals surface area contributed by atoms with Crippen molar-refractivity contribution in [2.24, 2.45) is 4.99 Å². The van der Waals surface area contributed by atoms with E-state index in [2.05, 4.69) is 43.0 Å². The molecule has 0 unspecified atom stereocenters. The van der Waals surface area contributed by atoms with E-state index in [0.29, 0.717) is 6.04 Å². The summed E-state index contributed by atoms with van der Waals surface area (Å²) < 4.78 is 0. The first-order valence-corrected chi connectivity index (χ1v) is 9.87. The molecule has 0 amide bonds. The van der Waals surface area contributed by atoms with E-state index in [1.807, 2.05) is 11.8 Å². The van der Waals surface area contributed by atoms with E-state index >= 15 is 0 Å². The summed E-state index contributed by atoms with van der Waals surface area (Å²) in [7, 11) is 0. The van der Waals surface area contributed by atoms with Crippen molar-refractivity contribution in [3.05, 3.63) is 45.8 Å². The Morgan fingerprint density at radius 3 is 2.91 bits per heavy atom. The van der Waals surface area contributed by atoms with Gasteiger partial charge in [-0.3, -0.25) is 4.90 Å².